The van der Waals surface area contributed by atoms with E-state index in [1.165, 1.54) is 18.7 Å². The number of morpholine rings is 1. The zero-order valence-corrected chi connectivity index (χ0v) is 19.5. The first-order chi connectivity index (χ1) is 18.1. The van der Waals surface area contributed by atoms with Gasteiger partial charge in [0.15, 0.2) is 5.82 Å². The molecule has 11 nitrogen and oxygen atoms in total. The number of nitrogens with one attached hydrogen (secondary N) is 2. The predicted molar refractivity (Wildman–Crippen MR) is 129 cm³/mol. The van der Waals surface area contributed by atoms with Gasteiger partial charge in [-0.1, -0.05) is 30.3 Å². The summed E-state index contributed by atoms with van der Waals surface area (Å²) in [5.74, 6) is -0.182. The van der Waals surface area contributed by atoms with Gasteiger partial charge in [-0.05, 0) is 17.7 Å². The molecule has 4 heterocycles. The van der Waals surface area contributed by atoms with Crippen molar-refractivity contribution in [1.82, 2.24) is 25.1 Å². The minimum absolute atomic E-state index is 0.0930. The lowest BCUT2D eigenvalue weighted by atomic mass is 10.0. The van der Waals surface area contributed by atoms with Gasteiger partial charge in [0.05, 0.1) is 43.2 Å². The summed E-state index contributed by atoms with van der Waals surface area (Å²) in [5, 5.41) is 23.8. The molecular formula is C25H22FN7O4. The lowest BCUT2D eigenvalue weighted by molar-refractivity contribution is 0.00376. The quantitative estimate of drug-likeness (QED) is 0.345. The van der Waals surface area contributed by atoms with Gasteiger partial charge in [-0.3, -0.25) is 4.79 Å². The first-order valence-electron chi connectivity index (χ1n) is 11.7. The summed E-state index contributed by atoms with van der Waals surface area (Å²) in [6.45, 7) is 0.873. The van der Waals surface area contributed by atoms with E-state index >= 15 is 4.39 Å². The van der Waals surface area contributed by atoms with Crippen molar-refractivity contribution in [3.63, 3.8) is 0 Å². The van der Waals surface area contributed by atoms with Crippen LogP contribution < -0.4 is 10.6 Å². The van der Waals surface area contributed by atoms with E-state index in [-0.39, 0.29) is 36.6 Å². The van der Waals surface area contributed by atoms with Gasteiger partial charge in [0, 0.05) is 23.9 Å². The molecule has 0 bridgehead atoms. The SMILES string of the molecule is O=C1c2ccc(Nc3ncc(-c4nnco4)c(N[C@H](CO)c4ccccc4)n3)c(F)c2C2COCCN12. The van der Waals surface area contributed by atoms with Crippen LogP contribution in [0.2, 0.25) is 0 Å². The smallest absolute Gasteiger partial charge is 0.255 e. The fourth-order valence-electron chi connectivity index (χ4n) is 4.65. The molecule has 0 saturated carbocycles. The zero-order chi connectivity index (χ0) is 25.4. The Hall–Kier alpha value is -4.42. The number of hydrogen-bond donors (Lipinski definition) is 3. The van der Waals surface area contributed by atoms with Crippen molar-refractivity contribution in [3.8, 4) is 11.5 Å². The summed E-state index contributed by atoms with van der Waals surface area (Å²) in [6, 6.07) is 11.5. The summed E-state index contributed by atoms with van der Waals surface area (Å²) in [4.78, 5) is 23.2. The van der Waals surface area contributed by atoms with E-state index in [4.69, 9.17) is 9.15 Å². The van der Waals surface area contributed by atoms with Gasteiger partial charge < -0.3 is 29.8 Å². The predicted octanol–water partition coefficient (Wildman–Crippen LogP) is 3.08. The van der Waals surface area contributed by atoms with Crippen LogP contribution in [0.25, 0.3) is 11.5 Å². The highest BCUT2D eigenvalue weighted by molar-refractivity contribution is 6.00. The van der Waals surface area contributed by atoms with Gasteiger partial charge in [-0.15, -0.1) is 10.2 Å². The van der Waals surface area contributed by atoms with E-state index in [0.717, 1.165) is 5.56 Å². The Kier molecular flexibility index (Phi) is 5.94. The highest BCUT2D eigenvalue weighted by Crippen LogP contribution is 2.40. The lowest BCUT2D eigenvalue weighted by Crippen LogP contribution is -2.38. The van der Waals surface area contributed by atoms with Crippen LogP contribution in [0.5, 0.6) is 0 Å². The number of carbonyl (C=O) groups excluding carboxylic acids is 1. The molecule has 37 heavy (non-hydrogen) atoms. The third-order valence-corrected chi connectivity index (χ3v) is 6.45. The van der Waals surface area contributed by atoms with Crippen molar-refractivity contribution in [2.75, 3.05) is 37.0 Å². The van der Waals surface area contributed by atoms with E-state index in [2.05, 4.69) is 30.8 Å². The van der Waals surface area contributed by atoms with Crippen molar-refractivity contribution in [1.29, 1.82) is 0 Å². The summed E-state index contributed by atoms with van der Waals surface area (Å²) in [5.41, 5.74) is 2.01. The molecule has 1 fully saturated rings. The highest BCUT2D eigenvalue weighted by atomic mass is 19.1. The fourth-order valence-corrected chi connectivity index (χ4v) is 4.65. The number of carbonyl (C=O) groups is 1. The highest BCUT2D eigenvalue weighted by Gasteiger charge is 2.41. The number of ether oxygens (including phenoxy) is 1. The Balaban J connectivity index is 1.34. The van der Waals surface area contributed by atoms with E-state index in [1.807, 2.05) is 30.3 Å². The number of benzene rings is 2. The van der Waals surface area contributed by atoms with Crippen LogP contribution in [0.15, 0.2) is 59.5 Å². The van der Waals surface area contributed by atoms with Crippen molar-refractivity contribution in [2.24, 2.45) is 0 Å². The lowest BCUT2D eigenvalue weighted by Gasteiger charge is -2.30. The Morgan fingerprint density at radius 1 is 1.19 bits per heavy atom. The number of aromatic nitrogens is 4. The molecule has 0 aliphatic carbocycles. The van der Waals surface area contributed by atoms with Crippen LogP contribution in [0.3, 0.4) is 0 Å². The molecule has 1 unspecified atom stereocenters. The number of rotatable bonds is 7. The second-order valence-electron chi connectivity index (χ2n) is 8.59. The summed E-state index contributed by atoms with van der Waals surface area (Å²) < 4.78 is 26.5. The number of anilines is 3. The molecule has 2 atom stereocenters. The molecule has 2 aromatic heterocycles. The standard InChI is InChI=1S/C25H22FN7O4/c26-21-17(7-6-15-20(21)19-12-36-9-8-33(19)24(15)35)30-25-27-10-16(23-32-28-13-37-23)22(31-25)29-18(11-34)14-4-2-1-3-5-14/h1-7,10,13,18-19,34H,8-9,11-12H2,(H2,27,29,30,31)/t18-,19?/m1/s1. The topological polar surface area (TPSA) is 139 Å². The van der Waals surface area contributed by atoms with Crippen LogP contribution >= 0.6 is 0 Å². The fraction of sp³-hybridized carbons (Fsp3) is 0.240. The van der Waals surface area contributed by atoms with E-state index in [1.54, 1.807) is 11.0 Å². The average Bonchev–Trinajstić information content (AvgIpc) is 3.57. The van der Waals surface area contributed by atoms with Crippen molar-refractivity contribution < 1.29 is 23.4 Å². The minimum atomic E-state index is -0.555. The number of amides is 1. The first-order valence-corrected chi connectivity index (χ1v) is 11.7. The monoisotopic (exact) mass is 503 g/mol. The van der Waals surface area contributed by atoms with Gasteiger partial charge in [0.2, 0.25) is 12.3 Å². The van der Waals surface area contributed by atoms with E-state index in [9.17, 15) is 9.90 Å². The Labute approximate surface area is 210 Å². The van der Waals surface area contributed by atoms with E-state index < -0.39 is 17.9 Å². The Morgan fingerprint density at radius 3 is 2.84 bits per heavy atom. The summed E-state index contributed by atoms with van der Waals surface area (Å²) in [6.07, 6.45) is 2.65. The van der Waals surface area contributed by atoms with Crippen LogP contribution in [-0.4, -0.2) is 62.4 Å². The third kappa shape index (κ3) is 4.15. The molecule has 0 spiro atoms. The largest absolute Gasteiger partial charge is 0.423 e. The summed E-state index contributed by atoms with van der Waals surface area (Å²) in [7, 11) is 0. The Morgan fingerprint density at radius 2 is 2.05 bits per heavy atom. The molecule has 6 rings (SSSR count). The first kappa shape index (κ1) is 23.0. The molecule has 1 saturated heterocycles. The van der Waals surface area contributed by atoms with Gasteiger partial charge in [0.25, 0.3) is 11.8 Å². The van der Waals surface area contributed by atoms with Crippen molar-refractivity contribution in [3.05, 3.63) is 77.6 Å². The third-order valence-electron chi connectivity index (χ3n) is 6.45. The zero-order valence-electron chi connectivity index (χ0n) is 19.5. The second kappa shape index (κ2) is 9.56. The molecule has 0 radical (unpaired) electrons. The van der Waals surface area contributed by atoms with Gasteiger partial charge >= 0.3 is 0 Å². The number of aliphatic hydroxyl groups excluding tert-OH is 1. The molecule has 4 aromatic rings. The number of nitrogens with zero attached hydrogens (tertiary/aromatic N) is 5. The van der Waals surface area contributed by atoms with Crippen molar-refractivity contribution >= 4 is 23.4 Å². The van der Waals surface area contributed by atoms with Crippen LogP contribution in [0, 0.1) is 5.82 Å². The maximum absolute atomic E-state index is 15.7. The second-order valence-corrected chi connectivity index (χ2v) is 8.59. The number of aliphatic hydroxyl groups is 1. The maximum Gasteiger partial charge on any atom is 0.255 e. The minimum Gasteiger partial charge on any atom is -0.423 e. The normalized spacial score (nSPS) is 17.3. The number of fused-ring (bicyclic) bond motifs is 3. The van der Waals surface area contributed by atoms with Gasteiger partial charge in [0.1, 0.15) is 5.82 Å². The molecule has 1 amide bonds. The van der Waals surface area contributed by atoms with Crippen LogP contribution in [0.4, 0.5) is 21.8 Å². The molecule has 2 aliphatic heterocycles. The maximum atomic E-state index is 15.7. The molecule has 12 heteroatoms. The summed E-state index contributed by atoms with van der Waals surface area (Å²) >= 11 is 0. The van der Waals surface area contributed by atoms with Gasteiger partial charge in [-0.2, -0.15) is 4.98 Å². The average molecular weight is 503 g/mol. The molecular weight excluding hydrogens is 481 g/mol. The molecule has 3 N–H and O–H groups in total. The van der Waals surface area contributed by atoms with Crippen LogP contribution in [0.1, 0.15) is 33.6 Å². The van der Waals surface area contributed by atoms with Crippen LogP contribution in [-0.2, 0) is 4.74 Å². The van der Waals surface area contributed by atoms with Crippen molar-refractivity contribution in [2.45, 2.75) is 12.1 Å². The molecule has 2 aliphatic rings. The number of halogens is 1. The Bertz CT molecular complexity index is 1430. The number of hydrogen-bond acceptors (Lipinski definition) is 10. The van der Waals surface area contributed by atoms with E-state index in [0.29, 0.717) is 35.7 Å². The van der Waals surface area contributed by atoms with Gasteiger partial charge in [-0.25, -0.2) is 9.37 Å². The molecule has 2 aromatic carbocycles. The molecule has 188 valence electrons.